The van der Waals surface area contributed by atoms with E-state index in [9.17, 15) is 9.59 Å². The van der Waals surface area contributed by atoms with E-state index in [1.807, 2.05) is 13.0 Å². The second-order valence-electron chi connectivity index (χ2n) is 6.74. The minimum absolute atomic E-state index is 0.0128. The minimum Gasteiger partial charge on any atom is -0.456 e. The average Bonchev–Trinajstić information content (AvgIpc) is 3.11. The molecule has 1 aromatic rings. The van der Waals surface area contributed by atoms with Crippen LogP contribution in [0.5, 0.6) is 0 Å². The third-order valence-electron chi connectivity index (χ3n) is 5.02. The monoisotopic (exact) mass is 333 g/mol. The van der Waals surface area contributed by atoms with E-state index in [1.54, 1.807) is 11.0 Å². The van der Waals surface area contributed by atoms with Gasteiger partial charge in [0.25, 0.3) is 5.91 Å². The summed E-state index contributed by atoms with van der Waals surface area (Å²) in [6, 6.07) is 3.85. The largest absolute Gasteiger partial charge is 0.456 e. The Labute approximate surface area is 143 Å². The molecule has 2 N–H and O–H groups in total. The molecule has 1 atom stereocenters. The Morgan fingerprint density at radius 3 is 2.71 bits per heavy atom. The summed E-state index contributed by atoms with van der Waals surface area (Å²) in [4.78, 5) is 26.6. The number of nitrogens with one attached hydrogen (secondary N) is 2. The van der Waals surface area contributed by atoms with Gasteiger partial charge in [-0.05, 0) is 44.4 Å². The summed E-state index contributed by atoms with van der Waals surface area (Å²) >= 11 is 0. The summed E-state index contributed by atoms with van der Waals surface area (Å²) in [7, 11) is 0. The lowest BCUT2D eigenvalue weighted by Crippen LogP contribution is -2.49. The van der Waals surface area contributed by atoms with Crippen LogP contribution in [0.1, 0.15) is 48.9 Å². The van der Waals surface area contributed by atoms with Crippen molar-refractivity contribution < 1.29 is 14.0 Å². The van der Waals surface area contributed by atoms with Crippen LogP contribution in [0, 0.1) is 5.92 Å². The number of furan rings is 1. The van der Waals surface area contributed by atoms with E-state index in [-0.39, 0.29) is 23.8 Å². The van der Waals surface area contributed by atoms with Gasteiger partial charge in [-0.3, -0.25) is 9.59 Å². The van der Waals surface area contributed by atoms with Gasteiger partial charge in [0.05, 0.1) is 0 Å². The fourth-order valence-electron chi connectivity index (χ4n) is 3.48. The topological polar surface area (TPSA) is 74.6 Å². The Morgan fingerprint density at radius 1 is 1.29 bits per heavy atom. The lowest BCUT2D eigenvalue weighted by atomic mass is 9.95. The Hall–Kier alpha value is -1.82. The van der Waals surface area contributed by atoms with Crippen LogP contribution in [-0.4, -0.2) is 48.9 Å². The highest BCUT2D eigenvalue weighted by atomic mass is 16.4. The predicted octanol–water partition coefficient (Wildman–Crippen LogP) is 1.56. The number of amides is 2. The first-order valence-electron chi connectivity index (χ1n) is 9.06. The van der Waals surface area contributed by atoms with Crippen molar-refractivity contribution in [3.05, 3.63) is 23.7 Å². The van der Waals surface area contributed by atoms with Gasteiger partial charge >= 0.3 is 0 Å². The second-order valence-corrected chi connectivity index (χ2v) is 6.74. The van der Waals surface area contributed by atoms with Gasteiger partial charge in [-0.2, -0.15) is 0 Å². The lowest BCUT2D eigenvalue weighted by Gasteiger charge is -2.32. The molecule has 2 amide bonds. The average molecular weight is 333 g/mol. The van der Waals surface area contributed by atoms with Crippen molar-refractivity contribution in [2.24, 2.45) is 5.92 Å². The lowest BCUT2D eigenvalue weighted by molar-refractivity contribution is -0.127. The quantitative estimate of drug-likeness (QED) is 0.877. The maximum Gasteiger partial charge on any atom is 0.289 e. The molecular weight excluding hydrogens is 306 g/mol. The summed E-state index contributed by atoms with van der Waals surface area (Å²) in [5.74, 6) is 1.32. The number of carbonyl (C=O) groups is 2. The number of hydrogen-bond acceptors (Lipinski definition) is 4. The molecule has 0 bridgehead atoms. The van der Waals surface area contributed by atoms with E-state index < -0.39 is 0 Å². The molecule has 0 aromatic carbocycles. The standard InChI is InChI=1S/C18H27N3O3/c1-2-15-5-6-16(24-15)18(23)21-10-7-13(8-11-21)17(22)20-14-4-3-9-19-12-14/h5-6,13-14,19H,2-4,7-12H2,1H3,(H,20,22)/t14-/m0/s1. The number of nitrogens with zero attached hydrogens (tertiary/aromatic N) is 1. The summed E-state index contributed by atoms with van der Waals surface area (Å²) < 4.78 is 5.55. The molecule has 2 aliphatic rings. The highest BCUT2D eigenvalue weighted by Crippen LogP contribution is 2.21. The van der Waals surface area contributed by atoms with Crippen LogP contribution in [0.2, 0.25) is 0 Å². The number of carbonyl (C=O) groups excluding carboxylic acids is 2. The van der Waals surface area contributed by atoms with E-state index in [1.165, 1.54) is 0 Å². The van der Waals surface area contributed by atoms with Gasteiger partial charge in [-0.15, -0.1) is 0 Å². The first-order valence-corrected chi connectivity index (χ1v) is 9.06. The maximum absolute atomic E-state index is 12.4. The van der Waals surface area contributed by atoms with Crippen LogP contribution in [0.4, 0.5) is 0 Å². The maximum atomic E-state index is 12.4. The fraction of sp³-hybridized carbons (Fsp3) is 0.667. The van der Waals surface area contributed by atoms with E-state index in [0.717, 1.165) is 51.0 Å². The molecule has 132 valence electrons. The minimum atomic E-state index is -0.0648. The third-order valence-corrected chi connectivity index (χ3v) is 5.02. The van der Waals surface area contributed by atoms with Crippen LogP contribution in [0.25, 0.3) is 0 Å². The predicted molar refractivity (Wildman–Crippen MR) is 90.7 cm³/mol. The molecule has 2 saturated heterocycles. The molecule has 0 spiro atoms. The van der Waals surface area contributed by atoms with E-state index >= 15 is 0 Å². The first-order chi connectivity index (χ1) is 11.7. The van der Waals surface area contributed by atoms with E-state index in [2.05, 4.69) is 10.6 Å². The second kappa shape index (κ2) is 7.83. The Balaban J connectivity index is 1.47. The fourth-order valence-corrected chi connectivity index (χ4v) is 3.48. The molecule has 0 radical (unpaired) electrons. The number of hydrogen-bond donors (Lipinski definition) is 2. The molecular formula is C18H27N3O3. The van der Waals surface area contributed by atoms with Crippen LogP contribution in [0.3, 0.4) is 0 Å². The third kappa shape index (κ3) is 3.98. The Morgan fingerprint density at radius 2 is 2.08 bits per heavy atom. The molecule has 3 rings (SSSR count). The smallest absolute Gasteiger partial charge is 0.289 e. The molecule has 24 heavy (non-hydrogen) atoms. The zero-order valence-corrected chi connectivity index (χ0v) is 14.3. The van der Waals surface area contributed by atoms with Crippen molar-refractivity contribution in [1.82, 2.24) is 15.5 Å². The molecule has 0 saturated carbocycles. The van der Waals surface area contributed by atoms with Gasteiger partial charge in [-0.25, -0.2) is 0 Å². The van der Waals surface area contributed by atoms with Crippen molar-refractivity contribution in [1.29, 1.82) is 0 Å². The molecule has 0 unspecified atom stereocenters. The summed E-state index contributed by atoms with van der Waals surface area (Å²) in [5.41, 5.74) is 0. The molecule has 2 aliphatic heterocycles. The molecule has 2 fully saturated rings. The zero-order chi connectivity index (χ0) is 16.9. The van der Waals surface area contributed by atoms with Gasteiger partial charge in [0.2, 0.25) is 5.91 Å². The van der Waals surface area contributed by atoms with Crippen LogP contribution >= 0.6 is 0 Å². The highest BCUT2D eigenvalue weighted by Gasteiger charge is 2.30. The highest BCUT2D eigenvalue weighted by molar-refractivity contribution is 5.91. The number of piperidine rings is 2. The molecule has 6 nitrogen and oxygen atoms in total. The number of likely N-dealkylation sites (tertiary alicyclic amines) is 1. The summed E-state index contributed by atoms with van der Waals surface area (Å²) in [6.07, 6.45) is 4.39. The number of aryl methyl sites for hydroxylation is 1. The van der Waals surface area contributed by atoms with Gasteiger partial charge in [0, 0.05) is 38.0 Å². The van der Waals surface area contributed by atoms with Gasteiger partial charge < -0.3 is 20.0 Å². The van der Waals surface area contributed by atoms with Gasteiger partial charge in [0.15, 0.2) is 5.76 Å². The molecule has 0 aliphatic carbocycles. The van der Waals surface area contributed by atoms with Crippen molar-refractivity contribution in [2.45, 2.75) is 45.1 Å². The van der Waals surface area contributed by atoms with Crippen LogP contribution < -0.4 is 10.6 Å². The van der Waals surface area contributed by atoms with Crippen molar-refractivity contribution in [2.75, 3.05) is 26.2 Å². The van der Waals surface area contributed by atoms with Gasteiger partial charge in [-0.1, -0.05) is 6.92 Å². The van der Waals surface area contributed by atoms with Crippen molar-refractivity contribution in [3.8, 4) is 0 Å². The van der Waals surface area contributed by atoms with Crippen LogP contribution in [-0.2, 0) is 11.2 Å². The first kappa shape index (κ1) is 17.0. The normalized spacial score (nSPS) is 22.4. The van der Waals surface area contributed by atoms with E-state index in [4.69, 9.17) is 4.42 Å². The Bertz CT molecular complexity index is 570. The van der Waals surface area contributed by atoms with Crippen molar-refractivity contribution in [3.63, 3.8) is 0 Å². The van der Waals surface area contributed by atoms with E-state index in [0.29, 0.717) is 18.8 Å². The van der Waals surface area contributed by atoms with Crippen LogP contribution in [0.15, 0.2) is 16.5 Å². The summed E-state index contributed by atoms with van der Waals surface area (Å²) in [6.45, 7) is 5.13. The SMILES string of the molecule is CCc1ccc(C(=O)N2CCC(C(=O)N[C@H]3CCCNC3)CC2)o1. The summed E-state index contributed by atoms with van der Waals surface area (Å²) in [5, 5.41) is 6.46. The van der Waals surface area contributed by atoms with Crippen molar-refractivity contribution >= 4 is 11.8 Å². The van der Waals surface area contributed by atoms with Gasteiger partial charge in [0.1, 0.15) is 5.76 Å². The molecule has 3 heterocycles. The Kier molecular flexibility index (Phi) is 5.56. The molecule has 6 heteroatoms. The zero-order valence-electron chi connectivity index (χ0n) is 14.3. The molecule has 1 aromatic heterocycles. The number of rotatable bonds is 4.